The molecule has 1 aromatic rings. The van der Waals surface area contributed by atoms with Crippen molar-refractivity contribution in [2.24, 2.45) is 35.8 Å². The molecule has 0 fully saturated rings. The van der Waals surface area contributed by atoms with E-state index in [4.69, 9.17) is 11.5 Å². The molecule has 0 aliphatic heterocycles. The molecule has 2 rings (SSSR count). The SMILES string of the molecule is Cn1c2c(n(C)c1=O)C/C(=N/N=C(N)N)C=C2. The van der Waals surface area contributed by atoms with Gasteiger partial charge in [-0.3, -0.25) is 9.13 Å². The van der Waals surface area contributed by atoms with Gasteiger partial charge in [-0.25, -0.2) is 4.79 Å². The Morgan fingerprint density at radius 1 is 1.29 bits per heavy atom. The lowest BCUT2D eigenvalue weighted by molar-refractivity contribution is 0.761. The van der Waals surface area contributed by atoms with Gasteiger partial charge in [-0.15, -0.1) is 5.10 Å². The van der Waals surface area contributed by atoms with Crippen LogP contribution >= 0.6 is 0 Å². The highest BCUT2D eigenvalue weighted by molar-refractivity contribution is 6.02. The van der Waals surface area contributed by atoms with Crippen LogP contribution in [0.25, 0.3) is 6.08 Å². The predicted molar refractivity (Wildman–Crippen MR) is 66.6 cm³/mol. The van der Waals surface area contributed by atoms with Gasteiger partial charge in [0.1, 0.15) is 0 Å². The van der Waals surface area contributed by atoms with Crippen molar-refractivity contribution in [2.75, 3.05) is 0 Å². The number of fused-ring (bicyclic) bond motifs is 1. The van der Waals surface area contributed by atoms with Crippen molar-refractivity contribution < 1.29 is 0 Å². The molecule has 1 aliphatic carbocycles. The summed E-state index contributed by atoms with van der Waals surface area (Å²) in [6.07, 6.45) is 4.17. The van der Waals surface area contributed by atoms with Gasteiger partial charge in [0.05, 0.1) is 17.1 Å². The standard InChI is InChI=1S/C10H14N6O/c1-15-7-4-3-6(13-14-9(11)12)5-8(7)16(2)10(15)17/h3-4H,5H2,1-2H3,(H4,11,12,14)/b13-6+. The summed E-state index contributed by atoms with van der Waals surface area (Å²) in [4.78, 5) is 11.7. The van der Waals surface area contributed by atoms with E-state index in [-0.39, 0.29) is 11.6 Å². The number of rotatable bonds is 1. The zero-order valence-corrected chi connectivity index (χ0v) is 9.71. The summed E-state index contributed by atoms with van der Waals surface area (Å²) in [6.45, 7) is 0. The smallest absolute Gasteiger partial charge is 0.328 e. The van der Waals surface area contributed by atoms with E-state index < -0.39 is 0 Å². The molecule has 0 saturated heterocycles. The molecule has 0 atom stereocenters. The summed E-state index contributed by atoms with van der Waals surface area (Å²) < 4.78 is 3.20. The third-order valence-corrected chi connectivity index (χ3v) is 2.71. The maximum absolute atomic E-state index is 11.7. The van der Waals surface area contributed by atoms with E-state index in [1.165, 1.54) is 0 Å². The van der Waals surface area contributed by atoms with Crippen LogP contribution in [0.3, 0.4) is 0 Å². The first-order valence-electron chi connectivity index (χ1n) is 5.09. The Bertz CT molecular complexity index is 597. The van der Waals surface area contributed by atoms with Crippen molar-refractivity contribution in [2.45, 2.75) is 6.42 Å². The molecule has 0 saturated carbocycles. The van der Waals surface area contributed by atoms with Gasteiger partial charge in [0.25, 0.3) is 0 Å². The zero-order chi connectivity index (χ0) is 12.6. The largest absolute Gasteiger partial charge is 0.369 e. The van der Waals surface area contributed by atoms with Gasteiger partial charge in [-0.1, -0.05) is 0 Å². The van der Waals surface area contributed by atoms with Gasteiger partial charge in [0.15, 0.2) is 0 Å². The number of hydrogen-bond acceptors (Lipinski definition) is 3. The highest BCUT2D eigenvalue weighted by atomic mass is 16.1. The first-order valence-corrected chi connectivity index (χ1v) is 5.09. The zero-order valence-electron chi connectivity index (χ0n) is 9.71. The lowest BCUT2D eigenvalue weighted by atomic mass is 10.1. The van der Waals surface area contributed by atoms with Crippen LogP contribution in [0.2, 0.25) is 0 Å². The van der Waals surface area contributed by atoms with Crippen molar-refractivity contribution in [3.8, 4) is 0 Å². The summed E-state index contributed by atoms with van der Waals surface area (Å²) in [5.74, 6) is -0.0846. The number of guanidine groups is 1. The molecule has 0 bridgehead atoms. The summed E-state index contributed by atoms with van der Waals surface area (Å²) in [5.41, 5.74) is 12.9. The highest BCUT2D eigenvalue weighted by Crippen LogP contribution is 2.15. The highest BCUT2D eigenvalue weighted by Gasteiger charge is 2.18. The van der Waals surface area contributed by atoms with Crippen LogP contribution < -0.4 is 17.2 Å². The molecule has 7 heteroatoms. The second-order valence-electron chi connectivity index (χ2n) is 3.86. The summed E-state index contributed by atoms with van der Waals surface area (Å²) in [7, 11) is 3.47. The van der Waals surface area contributed by atoms with Crippen molar-refractivity contribution in [3.05, 3.63) is 27.9 Å². The molecular formula is C10H14N6O. The molecule has 4 N–H and O–H groups in total. The summed E-state index contributed by atoms with van der Waals surface area (Å²) in [6, 6.07) is 0. The van der Waals surface area contributed by atoms with Crippen molar-refractivity contribution in [1.29, 1.82) is 0 Å². The van der Waals surface area contributed by atoms with Crippen molar-refractivity contribution in [3.63, 3.8) is 0 Å². The molecule has 1 heterocycles. The number of hydrogen-bond donors (Lipinski definition) is 2. The van der Waals surface area contributed by atoms with Crippen LogP contribution in [0.4, 0.5) is 0 Å². The lowest BCUT2D eigenvalue weighted by Gasteiger charge is -2.08. The predicted octanol–water partition coefficient (Wildman–Crippen LogP) is -1.08. The van der Waals surface area contributed by atoms with Crippen LogP contribution in [0.15, 0.2) is 21.1 Å². The monoisotopic (exact) mass is 234 g/mol. The van der Waals surface area contributed by atoms with E-state index in [0.717, 1.165) is 11.4 Å². The van der Waals surface area contributed by atoms with Gasteiger partial charge >= 0.3 is 5.69 Å². The third kappa shape index (κ3) is 1.86. The molecule has 0 spiro atoms. The van der Waals surface area contributed by atoms with Gasteiger partial charge in [0.2, 0.25) is 5.96 Å². The Morgan fingerprint density at radius 2 is 2.00 bits per heavy atom. The molecule has 0 aromatic carbocycles. The van der Waals surface area contributed by atoms with E-state index in [1.807, 2.05) is 6.08 Å². The molecule has 1 aromatic heterocycles. The van der Waals surface area contributed by atoms with E-state index in [9.17, 15) is 4.79 Å². The Balaban J connectivity index is 2.44. The molecular weight excluding hydrogens is 220 g/mol. The van der Waals surface area contributed by atoms with Gasteiger partial charge in [-0.2, -0.15) is 5.10 Å². The van der Waals surface area contributed by atoms with Gasteiger partial charge in [-0.05, 0) is 12.2 Å². The average Bonchev–Trinajstić information content (AvgIpc) is 2.52. The van der Waals surface area contributed by atoms with Crippen LogP contribution in [0.1, 0.15) is 11.4 Å². The van der Waals surface area contributed by atoms with E-state index in [2.05, 4.69) is 10.2 Å². The molecule has 17 heavy (non-hydrogen) atoms. The van der Waals surface area contributed by atoms with Gasteiger partial charge in [0, 0.05) is 20.5 Å². The molecule has 0 unspecified atom stereocenters. The number of nitrogens with two attached hydrogens (primary N) is 2. The number of nitrogens with zero attached hydrogens (tertiary/aromatic N) is 4. The number of allylic oxidation sites excluding steroid dienone is 1. The fourth-order valence-corrected chi connectivity index (χ4v) is 1.82. The third-order valence-electron chi connectivity index (χ3n) is 2.71. The fourth-order valence-electron chi connectivity index (χ4n) is 1.82. The van der Waals surface area contributed by atoms with Crippen molar-refractivity contribution in [1.82, 2.24) is 9.13 Å². The van der Waals surface area contributed by atoms with Crippen LogP contribution in [0.5, 0.6) is 0 Å². The van der Waals surface area contributed by atoms with E-state index >= 15 is 0 Å². The number of imidazole rings is 1. The summed E-state index contributed by atoms with van der Waals surface area (Å²) >= 11 is 0. The average molecular weight is 234 g/mol. The minimum absolute atomic E-state index is 0.0530. The minimum Gasteiger partial charge on any atom is -0.369 e. The maximum atomic E-state index is 11.7. The fraction of sp³-hybridized carbons (Fsp3) is 0.300. The first-order chi connectivity index (χ1) is 8.00. The molecule has 1 aliphatic rings. The molecule has 0 radical (unpaired) electrons. The van der Waals surface area contributed by atoms with Gasteiger partial charge < -0.3 is 11.5 Å². The quantitative estimate of drug-likeness (QED) is 0.367. The lowest BCUT2D eigenvalue weighted by Crippen LogP contribution is -2.22. The molecule has 7 nitrogen and oxygen atoms in total. The normalized spacial score (nSPS) is 16.0. The molecule has 90 valence electrons. The van der Waals surface area contributed by atoms with Crippen LogP contribution in [-0.2, 0) is 20.5 Å². The Morgan fingerprint density at radius 3 is 2.65 bits per heavy atom. The number of aromatic nitrogens is 2. The second-order valence-corrected chi connectivity index (χ2v) is 3.86. The minimum atomic E-state index is -0.0846. The van der Waals surface area contributed by atoms with E-state index in [1.54, 1.807) is 29.3 Å². The van der Waals surface area contributed by atoms with E-state index in [0.29, 0.717) is 12.1 Å². The Labute approximate surface area is 97.7 Å². The van der Waals surface area contributed by atoms with Crippen molar-refractivity contribution >= 4 is 17.7 Å². The Kier molecular flexibility index (Phi) is 2.58. The topological polar surface area (TPSA) is 104 Å². The summed E-state index contributed by atoms with van der Waals surface area (Å²) in [5, 5.41) is 7.50. The Hall–Kier alpha value is -2.31. The second kappa shape index (κ2) is 3.93. The first kappa shape index (κ1) is 11.2. The molecule has 0 amide bonds. The maximum Gasteiger partial charge on any atom is 0.328 e. The van der Waals surface area contributed by atoms with Crippen LogP contribution in [0, 0.1) is 0 Å². The van der Waals surface area contributed by atoms with Crippen LogP contribution in [-0.4, -0.2) is 20.8 Å².